The van der Waals surface area contributed by atoms with Crippen LogP contribution < -0.4 is 9.62 Å². The average Bonchev–Trinajstić information content (AvgIpc) is 2.53. The molecule has 0 aliphatic carbocycles. The summed E-state index contributed by atoms with van der Waals surface area (Å²) in [6.07, 6.45) is 1.12. The first-order valence-corrected chi connectivity index (χ1v) is 10.3. The summed E-state index contributed by atoms with van der Waals surface area (Å²) in [4.78, 5) is 12.9. The van der Waals surface area contributed by atoms with E-state index in [1.54, 1.807) is 13.0 Å². The van der Waals surface area contributed by atoms with Crippen molar-refractivity contribution in [3.8, 4) is 0 Å². The number of aryl methyl sites for hydroxylation is 4. The molecule has 0 heterocycles. The van der Waals surface area contributed by atoms with E-state index in [1.807, 2.05) is 58.0 Å². The third kappa shape index (κ3) is 4.25. The molecule has 0 radical (unpaired) electrons. The molecule has 0 aliphatic rings. The number of nitrogens with zero attached hydrogens (tertiary/aromatic N) is 1. The molecule has 2 rings (SSSR count). The number of hydrogen-bond donors (Lipinski definition) is 1. The predicted molar refractivity (Wildman–Crippen MR) is 107 cm³/mol. The zero-order valence-corrected chi connectivity index (χ0v) is 16.9. The quantitative estimate of drug-likeness (QED) is 0.867. The molecule has 2 aromatic rings. The zero-order chi connectivity index (χ0) is 19.6. The summed E-state index contributed by atoms with van der Waals surface area (Å²) in [6, 6.07) is 10.4. The third-order valence-electron chi connectivity index (χ3n) is 4.42. The van der Waals surface area contributed by atoms with Crippen LogP contribution >= 0.6 is 0 Å². The third-order valence-corrected chi connectivity index (χ3v) is 5.65. The number of rotatable bonds is 5. The summed E-state index contributed by atoms with van der Waals surface area (Å²) >= 11 is 0. The molecule has 26 heavy (non-hydrogen) atoms. The topological polar surface area (TPSA) is 66.5 Å². The van der Waals surface area contributed by atoms with Gasteiger partial charge in [0.1, 0.15) is 6.04 Å². The van der Waals surface area contributed by atoms with Crippen LogP contribution in [0.5, 0.6) is 0 Å². The molecule has 1 amide bonds. The molecule has 5 nitrogen and oxygen atoms in total. The molecule has 0 fully saturated rings. The fourth-order valence-corrected chi connectivity index (χ4v) is 4.20. The lowest BCUT2D eigenvalue weighted by Gasteiger charge is -2.30. The Kier molecular flexibility index (Phi) is 5.76. The van der Waals surface area contributed by atoms with E-state index in [9.17, 15) is 13.2 Å². The van der Waals surface area contributed by atoms with E-state index in [0.717, 1.165) is 34.2 Å². The van der Waals surface area contributed by atoms with Gasteiger partial charge in [0.05, 0.1) is 11.9 Å². The lowest BCUT2D eigenvalue weighted by Crippen LogP contribution is -2.45. The Bertz CT molecular complexity index is 916. The molecule has 140 valence electrons. The van der Waals surface area contributed by atoms with Gasteiger partial charge in [0.15, 0.2) is 0 Å². The van der Waals surface area contributed by atoms with Crippen molar-refractivity contribution in [2.24, 2.45) is 0 Å². The Labute approximate surface area is 156 Å². The minimum atomic E-state index is -3.64. The van der Waals surface area contributed by atoms with Crippen LogP contribution in [0.2, 0.25) is 0 Å². The molecule has 1 atom stereocenters. The van der Waals surface area contributed by atoms with E-state index < -0.39 is 16.1 Å². The SMILES string of the molecule is Cc1ccc(C)c(N([C@@H](C)C(=O)Nc2c(C)cccc2C)S(C)(=O)=O)c1. The molecule has 6 heteroatoms. The molecule has 0 aliphatic heterocycles. The Balaban J connectivity index is 2.43. The van der Waals surface area contributed by atoms with Gasteiger partial charge in [-0.05, 0) is 62.9 Å². The minimum Gasteiger partial charge on any atom is -0.324 e. The highest BCUT2D eigenvalue weighted by molar-refractivity contribution is 7.92. The fraction of sp³-hybridized carbons (Fsp3) is 0.350. The summed E-state index contributed by atoms with van der Waals surface area (Å²) in [6.45, 7) is 9.15. The van der Waals surface area contributed by atoms with Crippen LogP contribution in [0.15, 0.2) is 36.4 Å². The molecule has 0 saturated heterocycles. The van der Waals surface area contributed by atoms with E-state index >= 15 is 0 Å². The van der Waals surface area contributed by atoms with Gasteiger partial charge >= 0.3 is 0 Å². The summed E-state index contributed by atoms with van der Waals surface area (Å²) < 4.78 is 26.1. The first-order valence-electron chi connectivity index (χ1n) is 8.46. The fourth-order valence-electron chi connectivity index (χ4n) is 2.98. The molecule has 0 spiro atoms. The van der Waals surface area contributed by atoms with E-state index in [2.05, 4.69) is 5.32 Å². The van der Waals surface area contributed by atoms with E-state index in [0.29, 0.717) is 5.69 Å². The van der Waals surface area contributed by atoms with Gasteiger partial charge in [0.2, 0.25) is 15.9 Å². The second-order valence-electron chi connectivity index (χ2n) is 6.78. The van der Waals surface area contributed by atoms with Crippen LogP contribution in [-0.4, -0.2) is 26.6 Å². The van der Waals surface area contributed by atoms with Gasteiger partial charge in [0, 0.05) is 5.69 Å². The molecular formula is C20H26N2O3S. The number of carbonyl (C=O) groups excluding carboxylic acids is 1. The number of hydrogen-bond acceptors (Lipinski definition) is 3. The molecule has 0 unspecified atom stereocenters. The van der Waals surface area contributed by atoms with Crippen LogP contribution in [0.1, 0.15) is 29.2 Å². The average molecular weight is 375 g/mol. The summed E-state index contributed by atoms with van der Waals surface area (Å²) in [5.74, 6) is -0.367. The second-order valence-corrected chi connectivity index (χ2v) is 8.64. The van der Waals surface area contributed by atoms with Gasteiger partial charge in [-0.25, -0.2) is 8.42 Å². The maximum Gasteiger partial charge on any atom is 0.248 e. The zero-order valence-electron chi connectivity index (χ0n) is 16.1. The monoisotopic (exact) mass is 374 g/mol. The van der Waals surface area contributed by atoms with Gasteiger partial charge in [-0.1, -0.05) is 30.3 Å². The number of para-hydroxylation sites is 1. The van der Waals surface area contributed by atoms with E-state index in [4.69, 9.17) is 0 Å². The lowest BCUT2D eigenvalue weighted by atomic mass is 10.1. The van der Waals surface area contributed by atoms with Crippen LogP contribution in [-0.2, 0) is 14.8 Å². The molecule has 1 N–H and O–H groups in total. The van der Waals surface area contributed by atoms with Crippen molar-refractivity contribution in [1.82, 2.24) is 0 Å². The second kappa shape index (κ2) is 7.50. The van der Waals surface area contributed by atoms with Crippen molar-refractivity contribution in [2.45, 2.75) is 40.7 Å². The van der Waals surface area contributed by atoms with Gasteiger partial charge in [-0.3, -0.25) is 9.10 Å². The van der Waals surface area contributed by atoms with Crippen molar-refractivity contribution in [1.29, 1.82) is 0 Å². The molecule has 0 saturated carbocycles. The number of carbonyl (C=O) groups is 1. The smallest absolute Gasteiger partial charge is 0.248 e. The van der Waals surface area contributed by atoms with Crippen LogP contribution in [0, 0.1) is 27.7 Å². The minimum absolute atomic E-state index is 0.367. The number of nitrogens with one attached hydrogen (secondary N) is 1. The van der Waals surface area contributed by atoms with Gasteiger partial charge in [-0.15, -0.1) is 0 Å². The standard InChI is InChI=1S/C20H26N2O3S/c1-13-10-11-14(2)18(12-13)22(26(6,24)25)17(5)20(23)21-19-15(3)8-7-9-16(19)4/h7-12,17H,1-6H3,(H,21,23)/t17-/m0/s1. The van der Waals surface area contributed by atoms with Gasteiger partial charge in [-0.2, -0.15) is 0 Å². The Morgan fingerprint density at radius 3 is 2.12 bits per heavy atom. The van der Waals surface area contributed by atoms with Crippen molar-refractivity contribution in [3.63, 3.8) is 0 Å². The first-order chi connectivity index (χ1) is 12.0. The maximum absolute atomic E-state index is 12.9. The highest BCUT2D eigenvalue weighted by atomic mass is 32.2. The van der Waals surface area contributed by atoms with Gasteiger partial charge < -0.3 is 5.32 Å². The lowest BCUT2D eigenvalue weighted by molar-refractivity contribution is -0.116. The van der Waals surface area contributed by atoms with Crippen molar-refractivity contribution in [2.75, 3.05) is 15.9 Å². The summed E-state index contributed by atoms with van der Waals surface area (Å²) in [5.41, 5.74) is 4.84. The number of benzene rings is 2. The van der Waals surface area contributed by atoms with Crippen LogP contribution in [0.4, 0.5) is 11.4 Å². The van der Waals surface area contributed by atoms with Crippen molar-refractivity contribution >= 4 is 27.3 Å². The number of amides is 1. The molecule has 2 aromatic carbocycles. The molecule has 0 bridgehead atoms. The summed E-state index contributed by atoms with van der Waals surface area (Å²) in [5, 5.41) is 2.89. The largest absolute Gasteiger partial charge is 0.324 e. The predicted octanol–water partition coefficient (Wildman–Crippen LogP) is 3.71. The normalized spacial score (nSPS) is 12.5. The maximum atomic E-state index is 12.9. The number of sulfonamides is 1. The Morgan fingerprint density at radius 1 is 1.00 bits per heavy atom. The first kappa shape index (κ1) is 20.0. The number of anilines is 2. The van der Waals surface area contributed by atoms with E-state index in [1.165, 1.54) is 4.31 Å². The Hall–Kier alpha value is -2.34. The molecule has 0 aromatic heterocycles. The van der Waals surface area contributed by atoms with Crippen LogP contribution in [0.25, 0.3) is 0 Å². The molecular weight excluding hydrogens is 348 g/mol. The van der Waals surface area contributed by atoms with Crippen molar-refractivity contribution < 1.29 is 13.2 Å². The summed E-state index contributed by atoms with van der Waals surface area (Å²) in [7, 11) is -3.64. The van der Waals surface area contributed by atoms with Crippen molar-refractivity contribution in [3.05, 3.63) is 58.7 Å². The van der Waals surface area contributed by atoms with E-state index in [-0.39, 0.29) is 5.91 Å². The van der Waals surface area contributed by atoms with Crippen LogP contribution in [0.3, 0.4) is 0 Å². The highest BCUT2D eigenvalue weighted by Gasteiger charge is 2.30. The highest BCUT2D eigenvalue weighted by Crippen LogP contribution is 2.27. The Morgan fingerprint density at radius 2 is 1.58 bits per heavy atom. The van der Waals surface area contributed by atoms with Gasteiger partial charge in [0.25, 0.3) is 0 Å².